The van der Waals surface area contributed by atoms with E-state index in [0.29, 0.717) is 18.9 Å². The molecule has 0 aromatic heterocycles. The van der Waals surface area contributed by atoms with Crippen LogP contribution in [0, 0.1) is 11.3 Å². The fourth-order valence-corrected chi connectivity index (χ4v) is 3.29. The summed E-state index contributed by atoms with van der Waals surface area (Å²) in [7, 11) is 0. The molecule has 2 heterocycles. The first-order valence-electron chi connectivity index (χ1n) is 7.29. The lowest BCUT2D eigenvalue weighted by molar-refractivity contribution is -0.118. The first-order chi connectivity index (χ1) is 9.79. The van der Waals surface area contributed by atoms with Crippen LogP contribution in [0.25, 0.3) is 0 Å². The first-order valence-corrected chi connectivity index (χ1v) is 7.29. The Morgan fingerprint density at radius 2 is 2.00 bits per heavy atom. The first kappa shape index (κ1) is 13.1. The van der Waals surface area contributed by atoms with Crippen LogP contribution in [0.5, 0.6) is 0 Å². The number of anilines is 1. The van der Waals surface area contributed by atoms with Gasteiger partial charge in [-0.3, -0.25) is 4.79 Å². The van der Waals surface area contributed by atoms with Gasteiger partial charge in [-0.1, -0.05) is 18.2 Å². The largest absolute Gasteiger partial charge is 0.309 e. The van der Waals surface area contributed by atoms with Crippen LogP contribution in [-0.4, -0.2) is 36.5 Å². The fourth-order valence-electron chi connectivity index (χ4n) is 3.29. The van der Waals surface area contributed by atoms with Gasteiger partial charge in [-0.15, -0.1) is 0 Å². The number of nitrogens with zero attached hydrogens (tertiary/aromatic N) is 3. The average Bonchev–Trinajstić information content (AvgIpc) is 2.81. The standard InChI is InChI=1S/C16H19N3O/c17-8-3-9-18-10-6-14(7-11-18)19-15-5-2-1-4-13(15)12-16(19)20/h1-2,4-5,14H,3,6-7,9-12H2. The molecule has 0 N–H and O–H groups in total. The Balaban J connectivity index is 1.67. The average molecular weight is 269 g/mol. The Morgan fingerprint density at radius 1 is 1.25 bits per heavy atom. The van der Waals surface area contributed by atoms with Crippen molar-refractivity contribution in [3.63, 3.8) is 0 Å². The van der Waals surface area contributed by atoms with Crippen LogP contribution in [-0.2, 0) is 11.2 Å². The van der Waals surface area contributed by atoms with Crippen molar-refractivity contribution < 1.29 is 4.79 Å². The zero-order chi connectivity index (χ0) is 13.9. The third-order valence-corrected chi connectivity index (χ3v) is 4.32. The molecule has 1 amide bonds. The van der Waals surface area contributed by atoms with E-state index in [2.05, 4.69) is 23.1 Å². The van der Waals surface area contributed by atoms with Crippen molar-refractivity contribution in [1.82, 2.24) is 4.90 Å². The maximum Gasteiger partial charge on any atom is 0.231 e. The third-order valence-electron chi connectivity index (χ3n) is 4.32. The number of fused-ring (bicyclic) bond motifs is 1. The van der Waals surface area contributed by atoms with E-state index in [0.717, 1.165) is 43.7 Å². The van der Waals surface area contributed by atoms with E-state index in [-0.39, 0.29) is 5.91 Å². The van der Waals surface area contributed by atoms with Gasteiger partial charge in [0.05, 0.1) is 12.5 Å². The summed E-state index contributed by atoms with van der Waals surface area (Å²) in [4.78, 5) is 16.6. The van der Waals surface area contributed by atoms with E-state index in [1.54, 1.807) is 0 Å². The van der Waals surface area contributed by atoms with Gasteiger partial charge in [-0.05, 0) is 24.5 Å². The SMILES string of the molecule is N#CCCN1CCC(N2C(=O)Cc3ccccc32)CC1. The molecule has 0 spiro atoms. The number of amides is 1. The van der Waals surface area contributed by atoms with E-state index in [4.69, 9.17) is 5.26 Å². The number of benzene rings is 1. The van der Waals surface area contributed by atoms with Crippen LogP contribution >= 0.6 is 0 Å². The van der Waals surface area contributed by atoms with Gasteiger partial charge in [0.25, 0.3) is 0 Å². The summed E-state index contributed by atoms with van der Waals surface area (Å²) in [6.45, 7) is 2.82. The molecule has 1 fully saturated rings. The molecule has 0 unspecified atom stereocenters. The van der Waals surface area contributed by atoms with Gasteiger partial charge in [-0.25, -0.2) is 0 Å². The van der Waals surface area contributed by atoms with Crippen molar-refractivity contribution in [2.75, 3.05) is 24.5 Å². The Labute approximate surface area is 119 Å². The number of para-hydroxylation sites is 1. The van der Waals surface area contributed by atoms with Gasteiger partial charge in [0, 0.05) is 37.8 Å². The van der Waals surface area contributed by atoms with Gasteiger partial charge >= 0.3 is 0 Å². The number of rotatable bonds is 3. The van der Waals surface area contributed by atoms with Gasteiger partial charge in [0.15, 0.2) is 0 Å². The maximum absolute atomic E-state index is 12.3. The predicted octanol–water partition coefficient (Wildman–Crippen LogP) is 1.95. The summed E-state index contributed by atoms with van der Waals surface area (Å²) in [5, 5.41) is 8.64. The van der Waals surface area contributed by atoms with E-state index in [1.807, 2.05) is 17.0 Å². The third kappa shape index (κ3) is 2.41. The summed E-state index contributed by atoms with van der Waals surface area (Å²) >= 11 is 0. The quantitative estimate of drug-likeness (QED) is 0.842. The Bertz CT molecular complexity index is 541. The van der Waals surface area contributed by atoms with Crippen LogP contribution in [0.4, 0.5) is 5.69 Å². The van der Waals surface area contributed by atoms with Crippen molar-refractivity contribution in [3.05, 3.63) is 29.8 Å². The Morgan fingerprint density at radius 3 is 2.75 bits per heavy atom. The minimum Gasteiger partial charge on any atom is -0.309 e. The topological polar surface area (TPSA) is 47.3 Å². The van der Waals surface area contributed by atoms with E-state index >= 15 is 0 Å². The lowest BCUT2D eigenvalue weighted by Crippen LogP contribution is -2.46. The number of likely N-dealkylation sites (tertiary alicyclic amines) is 1. The van der Waals surface area contributed by atoms with Crippen molar-refractivity contribution in [2.24, 2.45) is 0 Å². The molecule has 4 nitrogen and oxygen atoms in total. The molecule has 20 heavy (non-hydrogen) atoms. The van der Waals surface area contributed by atoms with E-state index < -0.39 is 0 Å². The number of piperidine rings is 1. The summed E-state index contributed by atoms with van der Waals surface area (Å²) in [5.41, 5.74) is 2.26. The summed E-state index contributed by atoms with van der Waals surface area (Å²) in [6.07, 6.45) is 3.15. The van der Waals surface area contributed by atoms with Gasteiger partial charge < -0.3 is 9.80 Å². The van der Waals surface area contributed by atoms with Crippen molar-refractivity contribution in [1.29, 1.82) is 5.26 Å². The molecule has 1 saturated heterocycles. The highest BCUT2D eigenvalue weighted by Gasteiger charge is 2.34. The van der Waals surface area contributed by atoms with E-state index in [1.165, 1.54) is 0 Å². The zero-order valence-corrected chi connectivity index (χ0v) is 11.6. The fraction of sp³-hybridized carbons (Fsp3) is 0.500. The molecule has 1 aromatic rings. The van der Waals surface area contributed by atoms with Crippen LogP contribution in [0.2, 0.25) is 0 Å². The highest BCUT2D eigenvalue weighted by Crippen LogP contribution is 2.33. The highest BCUT2D eigenvalue weighted by atomic mass is 16.2. The minimum atomic E-state index is 0.238. The Kier molecular flexibility index (Phi) is 3.70. The van der Waals surface area contributed by atoms with Gasteiger partial charge in [0.2, 0.25) is 5.91 Å². The predicted molar refractivity (Wildman–Crippen MR) is 77.3 cm³/mol. The second kappa shape index (κ2) is 5.64. The van der Waals surface area contributed by atoms with E-state index in [9.17, 15) is 4.79 Å². The molecule has 0 atom stereocenters. The summed E-state index contributed by atoms with van der Waals surface area (Å²) in [6, 6.07) is 10.6. The molecular formula is C16H19N3O. The van der Waals surface area contributed by atoms with Crippen LogP contribution in [0.15, 0.2) is 24.3 Å². The molecule has 0 radical (unpaired) electrons. The lowest BCUT2D eigenvalue weighted by atomic mass is 10.0. The molecule has 2 aliphatic rings. The monoisotopic (exact) mass is 269 g/mol. The number of nitriles is 1. The van der Waals surface area contributed by atoms with Gasteiger partial charge in [0.1, 0.15) is 0 Å². The van der Waals surface area contributed by atoms with Crippen LogP contribution in [0.1, 0.15) is 24.8 Å². The number of carbonyl (C=O) groups excluding carboxylic acids is 1. The molecule has 0 saturated carbocycles. The highest BCUT2D eigenvalue weighted by molar-refractivity contribution is 6.01. The zero-order valence-electron chi connectivity index (χ0n) is 11.6. The number of hydrogen-bond acceptors (Lipinski definition) is 3. The Hall–Kier alpha value is -1.86. The molecule has 104 valence electrons. The molecule has 4 heteroatoms. The molecule has 0 bridgehead atoms. The summed E-state index contributed by atoms with van der Waals surface area (Å²) in [5.74, 6) is 0.238. The molecule has 2 aliphatic heterocycles. The second-order valence-electron chi connectivity index (χ2n) is 5.55. The second-order valence-corrected chi connectivity index (χ2v) is 5.55. The smallest absolute Gasteiger partial charge is 0.231 e. The molecular weight excluding hydrogens is 250 g/mol. The van der Waals surface area contributed by atoms with Gasteiger partial charge in [-0.2, -0.15) is 5.26 Å². The van der Waals surface area contributed by atoms with Crippen LogP contribution in [0.3, 0.4) is 0 Å². The van der Waals surface area contributed by atoms with Crippen molar-refractivity contribution in [2.45, 2.75) is 31.7 Å². The minimum absolute atomic E-state index is 0.238. The van der Waals surface area contributed by atoms with Crippen molar-refractivity contribution >= 4 is 11.6 Å². The molecule has 3 rings (SSSR count). The molecule has 0 aliphatic carbocycles. The van der Waals surface area contributed by atoms with Crippen molar-refractivity contribution in [3.8, 4) is 6.07 Å². The van der Waals surface area contributed by atoms with Crippen LogP contribution < -0.4 is 4.90 Å². The molecule has 1 aromatic carbocycles. The lowest BCUT2D eigenvalue weighted by Gasteiger charge is -2.36. The normalized spacial score (nSPS) is 19.9. The number of carbonyl (C=O) groups is 1. The summed E-state index contributed by atoms with van der Waals surface area (Å²) < 4.78 is 0. The number of hydrogen-bond donors (Lipinski definition) is 0. The maximum atomic E-state index is 12.3.